The van der Waals surface area contributed by atoms with Crippen LogP contribution in [0.2, 0.25) is 0 Å². The number of hydrogen-bond acceptors (Lipinski definition) is 4. The molecule has 7 heteroatoms. The van der Waals surface area contributed by atoms with Gasteiger partial charge in [-0.2, -0.15) is 0 Å². The van der Waals surface area contributed by atoms with Crippen molar-refractivity contribution in [1.82, 2.24) is 20.0 Å². The Balaban J connectivity index is 1.58. The molecule has 3 rings (SSSR count). The van der Waals surface area contributed by atoms with Gasteiger partial charge < -0.3 is 15.1 Å². The second-order valence-corrected chi connectivity index (χ2v) is 8.23. The van der Waals surface area contributed by atoms with Gasteiger partial charge in [0, 0.05) is 13.1 Å². The van der Waals surface area contributed by atoms with Crippen LogP contribution in [0.25, 0.3) is 0 Å². The monoisotopic (exact) mass is 386 g/mol. The topological polar surface area (TPSA) is 73.0 Å². The van der Waals surface area contributed by atoms with E-state index in [4.69, 9.17) is 0 Å². The van der Waals surface area contributed by atoms with Gasteiger partial charge in [0.25, 0.3) is 5.91 Å². The average Bonchev–Trinajstić information content (AvgIpc) is 2.91. The van der Waals surface area contributed by atoms with Crippen molar-refractivity contribution in [3.8, 4) is 0 Å². The van der Waals surface area contributed by atoms with Crippen LogP contribution in [-0.4, -0.2) is 72.8 Å². The Morgan fingerprint density at radius 2 is 1.82 bits per heavy atom. The predicted molar refractivity (Wildman–Crippen MR) is 107 cm³/mol. The zero-order chi connectivity index (χ0) is 20.3. The highest BCUT2D eigenvalue weighted by Gasteiger charge is 2.49. The lowest BCUT2D eigenvalue weighted by Crippen LogP contribution is -2.46. The van der Waals surface area contributed by atoms with E-state index in [2.05, 4.69) is 24.3 Å². The van der Waals surface area contributed by atoms with Crippen molar-refractivity contribution in [1.29, 1.82) is 0 Å². The highest BCUT2D eigenvalue weighted by molar-refractivity contribution is 6.09. The molecular formula is C21H30N4O3. The Kier molecular flexibility index (Phi) is 6.03. The number of amides is 4. The maximum atomic E-state index is 12.9. The smallest absolute Gasteiger partial charge is 0.325 e. The fraction of sp³-hybridized carbons (Fsp3) is 0.571. The molecule has 1 atom stereocenters. The maximum absolute atomic E-state index is 12.9. The molecule has 2 aliphatic rings. The number of nitrogens with one attached hydrogen (secondary N) is 1. The summed E-state index contributed by atoms with van der Waals surface area (Å²) >= 11 is 0. The maximum Gasteiger partial charge on any atom is 0.325 e. The van der Waals surface area contributed by atoms with E-state index in [0.29, 0.717) is 24.6 Å². The Morgan fingerprint density at radius 3 is 2.43 bits per heavy atom. The molecule has 1 aromatic carbocycles. The molecule has 0 aromatic heterocycles. The number of hydrogen-bond donors (Lipinski definition) is 1. The van der Waals surface area contributed by atoms with Crippen molar-refractivity contribution in [2.24, 2.45) is 5.92 Å². The molecule has 0 unspecified atom stereocenters. The van der Waals surface area contributed by atoms with Crippen LogP contribution in [0, 0.1) is 5.92 Å². The number of likely N-dealkylation sites (tertiary alicyclic amines) is 1. The van der Waals surface area contributed by atoms with E-state index in [-0.39, 0.29) is 18.4 Å². The molecule has 1 aromatic rings. The molecule has 2 saturated heterocycles. The fourth-order valence-corrected chi connectivity index (χ4v) is 3.95. The van der Waals surface area contributed by atoms with E-state index in [1.54, 1.807) is 11.8 Å². The minimum atomic E-state index is -1.13. The van der Waals surface area contributed by atoms with Gasteiger partial charge >= 0.3 is 6.03 Å². The predicted octanol–water partition coefficient (Wildman–Crippen LogP) is 1.64. The molecule has 2 heterocycles. The largest absolute Gasteiger partial charge is 0.341 e. The number of piperidine rings is 1. The summed E-state index contributed by atoms with van der Waals surface area (Å²) in [6, 6.07) is 8.62. The quantitative estimate of drug-likeness (QED) is 0.755. The summed E-state index contributed by atoms with van der Waals surface area (Å²) in [5, 5.41) is 2.75. The zero-order valence-electron chi connectivity index (χ0n) is 17.0. The molecule has 2 fully saturated rings. The standard InChI is InChI=1S/C21H30N4O3/c1-21(17-7-5-4-6-8-17)19(27)25(20(28)22-21)15-18(26)24-13-10-16(11-14-24)9-12-23(2)3/h4-8,16H,9-15H2,1-3H3,(H,22,28)/t21-/m0/s1. The van der Waals surface area contributed by atoms with Crippen molar-refractivity contribution >= 4 is 17.8 Å². The van der Waals surface area contributed by atoms with Crippen LogP contribution < -0.4 is 5.32 Å². The highest BCUT2D eigenvalue weighted by atomic mass is 16.2. The lowest BCUT2D eigenvalue weighted by Gasteiger charge is -2.33. The molecule has 7 nitrogen and oxygen atoms in total. The van der Waals surface area contributed by atoms with Crippen LogP contribution in [0.1, 0.15) is 31.7 Å². The van der Waals surface area contributed by atoms with Gasteiger partial charge in [0.15, 0.2) is 0 Å². The Labute approximate surface area is 166 Å². The second-order valence-electron chi connectivity index (χ2n) is 8.23. The van der Waals surface area contributed by atoms with Gasteiger partial charge in [-0.3, -0.25) is 14.5 Å². The van der Waals surface area contributed by atoms with Crippen molar-refractivity contribution < 1.29 is 14.4 Å². The summed E-state index contributed by atoms with van der Waals surface area (Å²) in [4.78, 5) is 43.1. The van der Waals surface area contributed by atoms with Crippen LogP contribution in [0.5, 0.6) is 0 Å². The molecule has 4 amide bonds. The lowest BCUT2D eigenvalue weighted by molar-refractivity contribution is -0.139. The number of rotatable bonds is 6. The summed E-state index contributed by atoms with van der Waals surface area (Å²) < 4.78 is 0. The van der Waals surface area contributed by atoms with Crippen LogP contribution >= 0.6 is 0 Å². The minimum Gasteiger partial charge on any atom is -0.341 e. The number of carbonyl (C=O) groups is 3. The van der Waals surface area contributed by atoms with E-state index in [9.17, 15) is 14.4 Å². The zero-order valence-corrected chi connectivity index (χ0v) is 17.0. The van der Waals surface area contributed by atoms with Crippen molar-refractivity contribution in [2.45, 2.75) is 31.7 Å². The summed E-state index contributed by atoms with van der Waals surface area (Å²) in [5.74, 6) is 0.0920. The van der Waals surface area contributed by atoms with E-state index >= 15 is 0 Å². The second kappa shape index (κ2) is 8.31. The molecule has 152 valence electrons. The van der Waals surface area contributed by atoms with Gasteiger partial charge in [-0.15, -0.1) is 0 Å². The van der Waals surface area contributed by atoms with Gasteiger partial charge in [-0.25, -0.2) is 4.79 Å². The van der Waals surface area contributed by atoms with Gasteiger partial charge in [-0.05, 0) is 58.3 Å². The summed E-state index contributed by atoms with van der Waals surface area (Å²) in [6.07, 6.45) is 3.08. The molecule has 0 bridgehead atoms. The molecule has 0 saturated carbocycles. The average molecular weight is 386 g/mol. The Bertz CT molecular complexity index is 728. The SMILES string of the molecule is CN(C)CCC1CCN(C(=O)CN2C(=O)N[C@@](C)(c3ccccc3)C2=O)CC1. The lowest BCUT2D eigenvalue weighted by atomic mass is 9.92. The third kappa shape index (κ3) is 4.19. The summed E-state index contributed by atoms with van der Waals surface area (Å²) in [5.41, 5.74) is -0.414. The van der Waals surface area contributed by atoms with Crippen LogP contribution in [0.4, 0.5) is 4.79 Å². The molecule has 0 aliphatic carbocycles. The van der Waals surface area contributed by atoms with E-state index < -0.39 is 11.6 Å². The summed E-state index contributed by atoms with van der Waals surface area (Å²) in [7, 11) is 4.14. The van der Waals surface area contributed by atoms with Crippen molar-refractivity contribution in [3.05, 3.63) is 35.9 Å². The molecule has 1 N–H and O–H groups in total. The summed E-state index contributed by atoms with van der Waals surface area (Å²) in [6.45, 7) is 3.92. The normalized spacial score (nSPS) is 23.4. The van der Waals surface area contributed by atoms with Gasteiger partial charge in [0.1, 0.15) is 12.1 Å². The third-order valence-electron chi connectivity index (χ3n) is 5.87. The number of urea groups is 1. The number of imide groups is 1. The number of benzene rings is 1. The first-order valence-electron chi connectivity index (χ1n) is 9.93. The minimum absolute atomic E-state index is 0.160. The number of carbonyl (C=O) groups excluding carboxylic acids is 3. The first-order valence-corrected chi connectivity index (χ1v) is 9.93. The molecule has 0 radical (unpaired) electrons. The van der Waals surface area contributed by atoms with E-state index in [1.165, 1.54) is 0 Å². The molecule has 2 aliphatic heterocycles. The van der Waals surface area contributed by atoms with Gasteiger partial charge in [0.2, 0.25) is 5.91 Å². The molecule has 0 spiro atoms. The van der Waals surface area contributed by atoms with Gasteiger partial charge in [-0.1, -0.05) is 30.3 Å². The fourth-order valence-electron chi connectivity index (χ4n) is 3.95. The van der Waals surface area contributed by atoms with Crippen LogP contribution in [0.15, 0.2) is 30.3 Å². The van der Waals surface area contributed by atoms with Crippen LogP contribution in [-0.2, 0) is 15.1 Å². The third-order valence-corrected chi connectivity index (χ3v) is 5.87. The first-order chi connectivity index (χ1) is 13.3. The van der Waals surface area contributed by atoms with Crippen molar-refractivity contribution in [3.63, 3.8) is 0 Å². The number of nitrogens with zero attached hydrogens (tertiary/aromatic N) is 3. The van der Waals surface area contributed by atoms with E-state index in [1.807, 2.05) is 30.3 Å². The Hall–Kier alpha value is -2.41. The van der Waals surface area contributed by atoms with E-state index in [0.717, 1.165) is 30.7 Å². The van der Waals surface area contributed by atoms with Crippen molar-refractivity contribution in [2.75, 3.05) is 40.3 Å². The van der Waals surface area contributed by atoms with Crippen LogP contribution in [0.3, 0.4) is 0 Å². The van der Waals surface area contributed by atoms with Gasteiger partial charge in [0.05, 0.1) is 0 Å². The Morgan fingerprint density at radius 1 is 1.18 bits per heavy atom. The first kappa shape index (κ1) is 20.3. The molecular weight excluding hydrogens is 356 g/mol. The molecule has 28 heavy (non-hydrogen) atoms. The highest BCUT2D eigenvalue weighted by Crippen LogP contribution is 2.29.